The predicted molar refractivity (Wildman–Crippen MR) is 87.8 cm³/mol. The number of hydrogen-bond donors (Lipinski definition) is 0. The molecule has 0 atom stereocenters. The zero-order chi connectivity index (χ0) is 14.7. The molecule has 0 N–H and O–H groups in total. The first-order valence-corrected chi connectivity index (χ1v) is 7.35. The predicted octanol–water partition coefficient (Wildman–Crippen LogP) is 5.22. The summed E-state index contributed by atoms with van der Waals surface area (Å²) in [5.41, 5.74) is 4.68. The maximum Gasteiger partial charge on any atom is 0.131 e. The lowest BCUT2D eigenvalue weighted by molar-refractivity contribution is 0.959. The Kier molecular flexibility index (Phi) is 4.03. The first-order valence-electron chi connectivity index (χ1n) is 6.97. The van der Waals surface area contributed by atoms with Gasteiger partial charge in [0.15, 0.2) is 0 Å². The summed E-state index contributed by atoms with van der Waals surface area (Å²) in [4.78, 5) is 4.32. The molecule has 0 amide bonds. The van der Waals surface area contributed by atoms with Crippen LogP contribution in [0.25, 0.3) is 0 Å². The fourth-order valence-corrected chi connectivity index (χ4v) is 2.71. The molecule has 2 aromatic carbocycles. The van der Waals surface area contributed by atoms with E-state index in [1.807, 2.05) is 25.3 Å². The Hall–Kier alpha value is -2.12. The zero-order valence-electron chi connectivity index (χ0n) is 11.8. The third kappa shape index (κ3) is 2.98. The van der Waals surface area contributed by atoms with Gasteiger partial charge in [-0.2, -0.15) is 0 Å². The van der Waals surface area contributed by atoms with Crippen molar-refractivity contribution < 1.29 is 0 Å². The second-order valence-electron chi connectivity index (χ2n) is 5.13. The number of pyridine rings is 1. The number of hydrogen-bond acceptors (Lipinski definition) is 1. The number of rotatable bonds is 3. The molecule has 0 spiro atoms. The lowest BCUT2D eigenvalue weighted by atomic mass is 9.86. The molecule has 0 aliphatic heterocycles. The van der Waals surface area contributed by atoms with E-state index in [4.69, 9.17) is 11.6 Å². The van der Waals surface area contributed by atoms with Crippen LogP contribution >= 0.6 is 11.6 Å². The van der Waals surface area contributed by atoms with Gasteiger partial charge in [0.1, 0.15) is 5.15 Å². The monoisotopic (exact) mass is 293 g/mol. The minimum absolute atomic E-state index is 0.177. The summed E-state index contributed by atoms with van der Waals surface area (Å²) in [6, 6.07) is 23.1. The lowest BCUT2D eigenvalue weighted by Crippen LogP contribution is -2.04. The van der Waals surface area contributed by atoms with Gasteiger partial charge < -0.3 is 0 Å². The second kappa shape index (κ2) is 6.11. The Morgan fingerprint density at radius 2 is 1.33 bits per heavy atom. The van der Waals surface area contributed by atoms with Crippen LogP contribution in [0.5, 0.6) is 0 Å². The Balaban J connectivity index is 2.14. The lowest BCUT2D eigenvalue weighted by Gasteiger charge is -2.19. The second-order valence-corrected chi connectivity index (χ2v) is 5.49. The van der Waals surface area contributed by atoms with E-state index in [0.717, 1.165) is 11.1 Å². The number of aryl methyl sites for hydroxylation is 1. The molecule has 0 aliphatic carbocycles. The molecule has 0 saturated carbocycles. The largest absolute Gasteiger partial charge is 0.244 e. The normalized spacial score (nSPS) is 10.8. The maximum absolute atomic E-state index is 6.07. The first-order chi connectivity index (χ1) is 10.3. The first kappa shape index (κ1) is 13.8. The molecule has 1 nitrogen and oxygen atoms in total. The standard InChI is InChI=1S/C19H16ClN/c1-14-12-17(13-21-19(14)20)18(15-8-4-2-5-9-15)16-10-6-3-7-11-16/h2-13,18H,1H3. The van der Waals surface area contributed by atoms with Crippen molar-refractivity contribution in [2.75, 3.05) is 0 Å². The third-order valence-corrected chi connectivity index (χ3v) is 4.03. The summed E-state index contributed by atoms with van der Waals surface area (Å²) in [5.74, 6) is 0.177. The van der Waals surface area contributed by atoms with Crippen LogP contribution in [0, 0.1) is 6.92 Å². The number of halogens is 1. The molecule has 2 heteroatoms. The smallest absolute Gasteiger partial charge is 0.131 e. The average molecular weight is 294 g/mol. The van der Waals surface area contributed by atoms with Gasteiger partial charge in [-0.3, -0.25) is 0 Å². The van der Waals surface area contributed by atoms with Crippen molar-refractivity contribution in [1.29, 1.82) is 0 Å². The molecule has 0 aliphatic rings. The average Bonchev–Trinajstić information content (AvgIpc) is 2.53. The van der Waals surface area contributed by atoms with Crippen LogP contribution in [0.3, 0.4) is 0 Å². The van der Waals surface area contributed by atoms with Crippen molar-refractivity contribution >= 4 is 11.6 Å². The summed E-state index contributed by atoms with van der Waals surface area (Å²) in [6.07, 6.45) is 1.88. The van der Waals surface area contributed by atoms with E-state index in [2.05, 4.69) is 59.6 Å². The summed E-state index contributed by atoms with van der Waals surface area (Å²) in [6.45, 7) is 1.99. The minimum atomic E-state index is 0.177. The summed E-state index contributed by atoms with van der Waals surface area (Å²) in [7, 11) is 0. The van der Waals surface area contributed by atoms with E-state index in [0.29, 0.717) is 5.15 Å². The minimum Gasteiger partial charge on any atom is -0.244 e. The number of nitrogens with zero attached hydrogens (tertiary/aromatic N) is 1. The number of benzene rings is 2. The van der Waals surface area contributed by atoms with Gasteiger partial charge in [0.2, 0.25) is 0 Å². The molecule has 3 aromatic rings. The van der Waals surface area contributed by atoms with Crippen molar-refractivity contribution in [2.24, 2.45) is 0 Å². The fourth-order valence-electron chi connectivity index (χ4n) is 2.61. The Morgan fingerprint density at radius 3 is 1.81 bits per heavy atom. The molecule has 1 heterocycles. The van der Waals surface area contributed by atoms with Crippen molar-refractivity contribution in [3.8, 4) is 0 Å². The Morgan fingerprint density at radius 1 is 0.810 bits per heavy atom. The van der Waals surface area contributed by atoms with Gasteiger partial charge in [0.25, 0.3) is 0 Å². The molecule has 0 fully saturated rings. The van der Waals surface area contributed by atoms with Gasteiger partial charge in [-0.05, 0) is 29.2 Å². The maximum atomic E-state index is 6.07. The van der Waals surface area contributed by atoms with Crippen molar-refractivity contribution in [3.63, 3.8) is 0 Å². The van der Waals surface area contributed by atoms with Gasteiger partial charge in [0.05, 0.1) is 0 Å². The quantitative estimate of drug-likeness (QED) is 0.603. The van der Waals surface area contributed by atoms with Crippen LogP contribution in [0.1, 0.15) is 28.2 Å². The van der Waals surface area contributed by atoms with Gasteiger partial charge in [-0.15, -0.1) is 0 Å². The molecule has 104 valence electrons. The fraction of sp³-hybridized carbons (Fsp3) is 0.105. The molecular weight excluding hydrogens is 278 g/mol. The topological polar surface area (TPSA) is 12.9 Å². The van der Waals surface area contributed by atoms with Crippen LogP contribution in [-0.4, -0.2) is 4.98 Å². The highest BCUT2D eigenvalue weighted by Gasteiger charge is 2.17. The van der Waals surface area contributed by atoms with E-state index in [1.54, 1.807) is 0 Å². The van der Waals surface area contributed by atoms with Crippen LogP contribution in [0.15, 0.2) is 72.9 Å². The Labute approximate surface area is 130 Å². The molecule has 1 aromatic heterocycles. The molecule has 21 heavy (non-hydrogen) atoms. The zero-order valence-corrected chi connectivity index (χ0v) is 12.6. The molecule has 0 radical (unpaired) electrons. The van der Waals surface area contributed by atoms with Gasteiger partial charge >= 0.3 is 0 Å². The molecule has 0 unspecified atom stereocenters. The van der Waals surface area contributed by atoms with Crippen molar-refractivity contribution in [3.05, 3.63) is 100 Å². The van der Waals surface area contributed by atoms with E-state index in [9.17, 15) is 0 Å². The van der Waals surface area contributed by atoms with Crippen LogP contribution in [0.4, 0.5) is 0 Å². The molecule has 3 rings (SSSR count). The highest BCUT2D eigenvalue weighted by atomic mass is 35.5. The van der Waals surface area contributed by atoms with Crippen molar-refractivity contribution in [2.45, 2.75) is 12.8 Å². The molecule has 0 bridgehead atoms. The molecular formula is C19H16ClN. The van der Waals surface area contributed by atoms with Gasteiger partial charge in [-0.25, -0.2) is 4.98 Å². The van der Waals surface area contributed by atoms with E-state index in [-0.39, 0.29) is 5.92 Å². The van der Waals surface area contributed by atoms with E-state index < -0.39 is 0 Å². The summed E-state index contributed by atoms with van der Waals surface area (Å²) < 4.78 is 0. The van der Waals surface area contributed by atoms with Crippen molar-refractivity contribution in [1.82, 2.24) is 4.98 Å². The van der Waals surface area contributed by atoms with Gasteiger partial charge in [0, 0.05) is 12.1 Å². The van der Waals surface area contributed by atoms with Crippen LogP contribution in [-0.2, 0) is 0 Å². The third-order valence-electron chi connectivity index (χ3n) is 3.63. The number of aromatic nitrogens is 1. The highest BCUT2D eigenvalue weighted by molar-refractivity contribution is 6.30. The summed E-state index contributed by atoms with van der Waals surface area (Å²) >= 11 is 6.07. The van der Waals surface area contributed by atoms with E-state index >= 15 is 0 Å². The van der Waals surface area contributed by atoms with Crippen LogP contribution < -0.4 is 0 Å². The van der Waals surface area contributed by atoms with E-state index in [1.165, 1.54) is 11.1 Å². The Bertz CT molecular complexity index is 684. The summed E-state index contributed by atoms with van der Waals surface area (Å²) in [5, 5.41) is 0.568. The highest BCUT2D eigenvalue weighted by Crippen LogP contribution is 2.32. The SMILES string of the molecule is Cc1cc(C(c2ccccc2)c2ccccc2)cnc1Cl. The molecule has 0 saturated heterocycles. The van der Waals surface area contributed by atoms with Crippen LogP contribution in [0.2, 0.25) is 5.15 Å². The van der Waals surface area contributed by atoms with Gasteiger partial charge in [-0.1, -0.05) is 78.3 Å².